The van der Waals surface area contributed by atoms with E-state index >= 15 is 0 Å². The topological polar surface area (TPSA) is 52.6 Å². The van der Waals surface area contributed by atoms with Gasteiger partial charge in [-0.2, -0.15) is 0 Å². The number of carbonyl (C=O) groups excluding carboxylic acids is 2. The molecule has 0 N–H and O–H groups in total. The Morgan fingerprint density at radius 3 is 1.55 bits per heavy atom. The van der Waals surface area contributed by atoms with Crippen LogP contribution in [0.25, 0.3) is 0 Å². The average Bonchev–Trinajstić information content (AvgIpc) is 2.75. The summed E-state index contributed by atoms with van der Waals surface area (Å²) in [4.78, 5) is 22.8. The van der Waals surface area contributed by atoms with Gasteiger partial charge in [-0.1, -0.05) is 109 Å². The minimum Gasteiger partial charge on any atom is -0.434 e. The molecule has 0 aliphatic rings. The van der Waals surface area contributed by atoms with Gasteiger partial charge in [0.2, 0.25) is 0 Å². The maximum atomic E-state index is 11.5. The molecule has 0 heterocycles. The molecule has 182 valence electrons. The number of hydrogen-bond donors (Lipinski definition) is 0. The fourth-order valence-corrected chi connectivity index (χ4v) is 3.52. The highest BCUT2D eigenvalue weighted by Crippen LogP contribution is 2.12. The molecule has 0 aromatic rings. The molecule has 0 rings (SSSR count). The zero-order chi connectivity index (χ0) is 22.8. The van der Waals surface area contributed by atoms with Crippen LogP contribution in [0.1, 0.15) is 142 Å². The lowest BCUT2D eigenvalue weighted by Gasteiger charge is -2.04. The first kappa shape index (κ1) is 29.7. The largest absolute Gasteiger partial charge is 0.516 e. The molecule has 0 amide bonds. The van der Waals surface area contributed by atoms with Gasteiger partial charge >= 0.3 is 12.1 Å². The molecular weight excluding hydrogens is 388 g/mol. The number of unbranched alkanes of at least 4 members (excludes halogenated alkanes) is 16. The van der Waals surface area contributed by atoms with E-state index < -0.39 is 12.1 Å². The summed E-state index contributed by atoms with van der Waals surface area (Å²) in [6.07, 6.45) is 27.5. The van der Waals surface area contributed by atoms with E-state index in [4.69, 9.17) is 4.74 Å². The van der Waals surface area contributed by atoms with Gasteiger partial charge in [0.05, 0.1) is 6.61 Å². The van der Waals surface area contributed by atoms with Crippen LogP contribution in [0.5, 0.6) is 0 Å². The first-order valence-corrected chi connectivity index (χ1v) is 13.2. The van der Waals surface area contributed by atoms with Gasteiger partial charge in [0.15, 0.2) is 0 Å². The predicted octanol–water partition coefficient (Wildman–Crippen LogP) is 9.06. The van der Waals surface area contributed by atoms with Gasteiger partial charge < -0.3 is 9.47 Å². The predicted molar refractivity (Wildman–Crippen MR) is 130 cm³/mol. The molecule has 4 heteroatoms. The summed E-state index contributed by atoms with van der Waals surface area (Å²) in [5.41, 5.74) is 0. The Morgan fingerprint density at radius 1 is 0.581 bits per heavy atom. The molecule has 0 aromatic heterocycles. The molecule has 31 heavy (non-hydrogen) atoms. The van der Waals surface area contributed by atoms with E-state index in [-0.39, 0.29) is 0 Å². The van der Waals surface area contributed by atoms with E-state index in [0.29, 0.717) is 13.0 Å². The highest BCUT2D eigenvalue weighted by molar-refractivity contribution is 5.81. The van der Waals surface area contributed by atoms with Gasteiger partial charge in [0.25, 0.3) is 0 Å². The standard InChI is InChI=1S/C27H50O4/c1-3-5-7-8-9-10-11-12-13-14-15-16-17-18-19-20-21-22-23-24-26(28)31-27(29)30-25-6-4-2/h12-13H,3-11,14-25H2,1-2H3. The monoisotopic (exact) mass is 438 g/mol. The fourth-order valence-electron chi connectivity index (χ4n) is 3.52. The summed E-state index contributed by atoms with van der Waals surface area (Å²) in [6.45, 7) is 4.60. The third-order valence-corrected chi connectivity index (χ3v) is 5.56. The molecule has 0 aliphatic carbocycles. The van der Waals surface area contributed by atoms with Crippen molar-refractivity contribution in [2.75, 3.05) is 6.61 Å². The molecular formula is C27H50O4. The summed E-state index contributed by atoms with van der Waals surface area (Å²) in [5.74, 6) is -0.470. The summed E-state index contributed by atoms with van der Waals surface area (Å²) in [7, 11) is 0. The van der Waals surface area contributed by atoms with Crippen molar-refractivity contribution < 1.29 is 19.1 Å². The normalized spacial score (nSPS) is 11.2. The Morgan fingerprint density at radius 2 is 1.03 bits per heavy atom. The van der Waals surface area contributed by atoms with E-state index in [2.05, 4.69) is 23.8 Å². The molecule has 0 radical (unpaired) electrons. The molecule has 0 saturated carbocycles. The lowest BCUT2D eigenvalue weighted by molar-refractivity contribution is -0.139. The maximum Gasteiger partial charge on any atom is 0.516 e. The zero-order valence-corrected chi connectivity index (χ0v) is 20.6. The van der Waals surface area contributed by atoms with Crippen molar-refractivity contribution >= 4 is 12.1 Å². The smallest absolute Gasteiger partial charge is 0.434 e. The van der Waals surface area contributed by atoms with Crippen molar-refractivity contribution in [2.24, 2.45) is 0 Å². The van der Waals surface area contributed by atoms with Crippen LogP contribution < -0.4 is 0 Å². The molecule has 0 aromatic carbocycles. The highest BCUT2D eigenvalue weighted by atomic mass is 16.7. The maximum absolute atomic E-state index is 11.5. The molecule has 0 atom stereocenters. The van der Waals surface area contributed by atoms with Crippen molar-refractivity contribution in [3.63, 3.8) is 0 Å². The summed E-state index contributed by atoms with van der Waals surface area (Å²) >= 11 is 0. The highest BCUT2D eigenvalue weighted by Gasteiger charge is 2.10. The molecule has 0 aliphatic heterocycles. The first-order chi connectivity index (χ1) is 15.2. The molecule has 4 nitrogen and oxygen atoms in total. The Bertz CT molecular complexity index is 431. The second-order valence-corrected chi connectivity index (χ2v) is 8.67. The number of hydrogen-bond acceptors (Lipinski definition) is 4. The van der Waals surface area contributed by atoms with Crippen LogP contribution in [0.15, 0.2) is 12.2 Å². The first-order valence-electron chi connectivity index (χ1n) is 13.2. The van der Waals surface area contributed by atoms with Crippen LogP contribution in [0.3, 0.4) is 0 Å². The van der Waals surface area contributed by atoms with E-state index in [1.54, 1.807) is 0 Å². The van der Waals surface area contributed by atoms with Crippen molar-refractivity contribution in [2.45, 2.75) is 142 Å². The van der Waals surface area contributed by atoms with E-state index in [9.17, 15) is 9.59 Å². The molecule has 0 bridgehead atoms. The molecule has 0 saturated heterocycles. The van der Waals surface area contributed by atoms with Crippen LogP contribution in [0.4, 0.5) is 4.79 Å². The van der Waals surface area contributed by atoms with E-state index in [0.717, 1.165) is 32.1 Å². The van der Waals surface area contributed by atoms with Crippen molar-refractivity contribution in [3.8, 4) is 0 Å². The van der Waals surface area contributed by atoms with Crippen LogP contribution in [-0.4, -0.2) is 18.7 Å². The van der Waals surface area contributed by atoms with Crippen LogP contribution in [0, 0.1) is 0 Å². The van der Waals surface area contributed by atoms with E-state index in [1.807, 2.05) is 6.92 Å². The third kappa shape index (κ3) is 24.8. The summed E-state index contributed by atoms with van der Waals surface area (Å²) < 4.78 is 9.44. The number of rotatable bonds is 22. The Kier molecular flexibility index (Phi) is 23.9. The van der Waals surface area contributed by atoms with Crippen LogP contribution in [0.2, 0.25) is 0 Å². The molecule has 0 fully saturated rings. The fraction of sp³-hybridized carbons (Fsp3) is 0.852. The van der Waals surface area contributed by atoms with Crippen LogP contribution >= 0.6 is 0 Å². The Hall–Kier alpha value is -1.32. The minimum atomic E-state index is -0.855. The summed E-state index contributed by atoms with van der Waals surface area (Å²) in [5, 5.41) is 0. The quantitative estimate of drug-likeness (QED) is 0.0732. The third-order valence-electron chi connectivity index (χ3n) is 5.56. The minimum absolute atomic E-state index is 0.301. The Labute approximate surface area is 192 Å². The number of esters is 1. The number of allylic oxidation sites excluding steroid dienone is 2. The van der Waals surface area contributed by atoms with Crippen LogP contribution in [-0.2, 0) is 14.3 Å². The van der Waals surface area contributed by atoms with Gasteiger partial charge in [-0.15, -0.1) is 0 Å². The van der Waals surface area contributed by atoms with Gasteiger partial charge in [0.1, 0.15) is 0 Å². The number of carbonyl (C=O) groups is 2. The zero-order valence-electron chi connectivity index (χ0n) is 20.6. The van der Waals surface area contributed by atoms with Crippen molar-refractivity contribution in [1.82, 2.24) is 0 Å². The van der Waals surface area contributed by atoms with Gasteiger partial charge in [0, 0.05) is 6.42 Å². The lowest BCUT2D eigenvalue weighted by Crippen LogP contribution is -2.14. The average molecular weight is 439 g/mol. The van der Waals surface area contributed by atoms with Crippen molar-refractivity contribution in [3.05, 3.63) is 12.2 Å². The molecule has 0 unspecified atom stereocenters. The van der Waals surface area contributed by atoms with Crippen molar-refractivity contribution in [1.29, 1.82) is 0 Å². The second-order valence-electron chi connectivity index (χ2n) is 8.67. The second kappa shape index (κ2) is 24.9. The Balaban J connectivity index is 3.25. The lowest BCUT2D eigenvalue weighted by atomic mass is 10.1. The molecule has 0 spiro atoms. The number of ether oxygens (including phenoxy) is 2. The van der Waals surface area contributed by atoms with Gasteiger partial charge in [-0.3, -0.25) is 4.79 Å². The van der Waals surface area contributed by atoms with Gasteiger partial charge in [-0.05, 0) is 38.5 Å². The van der Waals surface area contributed by atoms with E-state index in [1.165, 1.54) is 89.9 Å². The summed E-state index contributed by atoms with van der Waals surface area (Å²) in [6, 6.07) is 0. The SMILES string of the molecule is CCCCCCCCC=CCCCCCCCCCCCC(=O)OC(=O)OCCCC. The van der Waals surface area contributed by atoms with Gasteiger partial charge in [-0.25, -0.2) is 4.79 Å².